The summed E-state index contributed by atoms with van der Waals surface area (Å²) in [6.07, 6.45) is 0. The normalized spacial score (nSPS) is 12.7. The molecule has 2 nitrogen and oxygen atoms in total. The fourth-order valence-corrected chi connectivity index (χ4v) is 10.6. The molecule has 5 aromatic carbocycles. The Morgan fingerprint density at radius 2 is 0.737 bits per heavy atom. The molecule has 2 aromatic heterocycles. The number of fused-ring (bicyclic) bond motifs is 6. The van der Waals surface area contributed by atoms with Crippen LogP contribution in [-0.2, 0) is 0 Å². The van der Waals surface area contributed by atoms with Crippen molar-refractivity contribution in [2.45, 2.75) is 26.2 Å². The van der Waals surface area contributed by atoms with Gasteiger partial charge in [-0.05, 0) is 24.3 Å². The number of hydrogen-bond donors (Lipinski definition) is 0. The lowest BCUT2D eigenvalue weighted by molar-refractivity contribution is 0.664. The van der Waals surface area contributed by atoms with E-state index in [9.17, 15) is 0 Å². The second kappa shape index (κ2) is 8.32. The van der Waals surface area contributed by atoms with E-state index in [2.05, 4.69) is 135 Å². The van der Waals surface area contributed by atoms with Crippen molar-refractivity contribution in [3.63, 3.8) is 0 Å². The first-order valence-electron chi connectivity index (χ1n) is 13.3. The van der Waals surface area contributed by atoms with Crippen LogP contribution in [0.25, 0.3) is 43.9 Å². The first-order valence-corrected chi connectivity index (χ1v) is 19.3. The van der Waals surface area contributed by atoms with Crippen molar-refractivity contribution in [3.05, 3.63) is 109 Å². The zero-order valence-electron chi connectivity index (χ0n) is 22.2. The van der Waals surface area contributed by atoms with Crippen LogP contribution in [0.5, 0.6) is 0 Å². The van der Waals surface area contributed by atoms with Crippen LogP contribution >= 0.6 is 0 Å². The first kappa shape index (κ1) is 23.3. The standard InChI is InChI=1S/C34H30O2Si2/c1-37(2,23-11-7-5-8-12-23)25-15-17-31-27(19-25)29-21-34-30(22-33(29)35-31)28-20-26(16-18-32(28)36-34)38(3,4)24-13-9-6-10-14-24/h5-22H,1-4H3. The van der Waals surface area contributed by atoms with E-state index in [1.54, 1.807) is 0 Å². The van der Waals surface area contributed by atoms with Crippen molar-refractivity contribution in [2.24, 2.45) is 0 Å². The van der Waals surface area contributed by atoms with Gasteiger partial charge in [0.2, 0.25) is 0 Å². The lowest BCUT2D eigenvalue weighted by Crippen LogP contribution is -2.52. The summed E-state index contributed by atoms with van der Waals surface area (Å²) in [7, 11) is -3.65. The minimum absolute atomic E-state index is 0.913. The minimum Gasteiger partial charge on any atom is -0.456 e. The van der Waals surface area contributed by atoms with Crippen molar-refractivity contribution >= 4 is 80.8 Å². The number of benzene rings is 5. The smallest absolute Gasteiger partial charge is 0.136 e. The number of furan rings is 2. The van der Waals surface area contributed by atoms with Crippen molar-refractivity contribution in [2.75, 3.05) is 0 Å². The fourth-order valence-electron chi connectivity index (χ4n) is 5.87. The Kier molecular flexibility index (Phi) is 5.09. The van der Waals surface area contributed by atoms with Gasteiger partial charge in [-0.2, -0.15) is 0 Å². The van der Waals surface area contributed by atoms with E-state index in [1.165, 1.54) is 20.7 Å². The molecule has 0 amide bonds. The third kappa shape index (κ3) is 3.52. The van der Waals surface area contributed by atoms with Gasteiger partial charge in [-0.3, -0.25) is 0 Å². The molecule has 0 bridgehead atoms. The summed E-state index contributed by atoms with van der Waals surface area (Å²) in [5.74, 6) is 0. The van der Waals surface area contributed by atoms with Crippen molar-refractivity contribution in [3.8, 4) is 0 Å². The average molecular weight is 527 g/mol. The molecule has 0 N–H and O–H groups in total. The van der Waals surface area contributed by atoms with Gasteiger partial charge in [0.05, 0.1) is 0 Å². The van der Waals surface area contributed by atoms with Gasteiger partial charge in [-0.1, -0.05) is 132 Å². The lowest BCUT2D eigenvalue weighted by Gasteiger charge is -2.23. The van der Waals surface area contributed by atoms with E-state index in [4.69, 9.17) is 8.83 Å². The molecule has 0 saturated heterocycles. The SMILES string of the molecule is C[Si](C)(c1ccccc1)c1ccc2oc3cc4c(cc3c2c1)oc1ccc([Si](C)(C)c2ccccc2)cc14. The molecule has 0 unspecified atom stereocenters. The Morgan fingerprint density at radius 3 is 1.13 bits per heavy atom. The fraction of sp³-hybridized carbons (Fsp3) is 0.118. The molecule has 38 heavy (non-hydrogen) atoms. The molecule has 0 aliphatic carbocycles. The molecule has 0 aliphatic heterocycles. The largest absolute Gasteiger partial charge is 0.456 e. The Bertz CT molecular complexity index is 1820. The highest BCUT2D eigenvalue weighted by Gasteiger charge is 2.28. The molecule has 0 radical (unpaired) electrons. The highest BCUT2D eigenvalue weighted by Crippen LogP contribution is 2.36. The Hall–Kier alpha value is -3.87. The predicted molar refractivity (Wildman–Crippen MR) is 167 cm³/mol. The molecule has 0 atom stereocenters. The van der Waals surface area contributed by atoms with Crippen molar-refractivity contribution in [1.82, 2.24) is 0 Å². The van der Waals surface area contributed by atoms with Gasteiger partial charge < -0.3 is 8.83 Å². The lowest BCUT2D eigenvalue weighted by atomic mass is 10.1. The maximum atomic E-state index is 6.40. The van der Waals surface area contributed by atoms with Gasteiger partial charge in [0, 0.05) is 21.5 Å². The topological polar surface area (TPSA) is 26.3 Å². The Morgan fingerprint density at radius 1 is 0.368 bits per heavy atom. The molecule has 0 saturated carbocycles. The molecule has 7 rings (SSSR count). The van der Waals surface area contributed by atoms with Crippen LogP contribution in [0.4, 0.5) is 0 Å². The summed E-state index contributed by atoms with van der Waals surface area (Å²) in [4.78, 5) is 0. The van der Waals surface area contributed by atoms with Crippen LogP contribution < -0.4 is 20.7 Å². The zero-order chi connectivity index (χ0) is 26.1. The highest BCUT2D eigenvalue weighted by atomic mass is 28.3. The monoisotopic (exact) mass is 526 g/mol. The van der Waals surface area contributed by atoms with Crippen LogP contribution in [0, 0.1) is 0 Å². The van der Waals surface area contributed by atoms with Gasteiger partial charge in [-0.25, -0.2) is 0 Å². The van der Waals surface area contributed by atoms with Gasteiger partial charge in [-0.15, -0.1) is 0 Å². The zero-order valence-corrected chi connectivity index (χ0v) is 24.2. The molecule has 0 aliphatic rings. The molecule has 7 aromatic rings. The Balaban J connectivity index is 1.39. The number of rotatable bonds is 4. The summed E-state index contributed by atoms with van der Waals surface area (Å²) < 4.78 is 12.8. The third-order valence-electron chi connectivity index (χ3n) is 8.50. The first-order chi connectivity index (χ1) is 18.3. The van der Waals surface area contributed by atoms with Gasteiger partial charge in [0.25, 0.3) is 0 Å². The molecule has 4 heteroatoms. The van der Waals surface area contributed by atoms with Crippen LogP contribution in [0.3, 0.4) is 0 Å². The van der Waals surface area contributed by atoms with Gasteiger partial charge in [0.1, 0.15) is 38.5 Å². The summed E-state index contributed by atoms with van der Waals surface area (Å²) >= 11 is 0. The third-order valence-corrected chi connectivity index (χ3v) is 15.6. The van der Waals surface area contributed by atoms with Crippen LogP contribution in [-0.4, -0.2) is 16.1 Å². The molecule has 186 valence electrons. The quantitative estimate of drug-likeness (QED) is 0.228. The molecule has 0 fully saturated rings. The Labute approximate surface area is 224 Å². The van der Waals surface area contributed by atoms with E-state index >= 15 is 0 Å². The van der Waals surface area contributed by atoms with Gasteiger partial charge >= 0.3 is 0 Å². The second-order valence-corrected chi connectivity index (χ2v) is 20.3. The maximum Gasteiger partial charge on any atom is 0.136 e. The van der Waals surface area contributed by atoms with E-state index < -0.39 is 16.1 Å². The summed E-state index contributed by atoms with van der Waals surface area (Å²) in [6, 6.07) is 39.7. The van der Waals surface area contributed by atoms with Gasteiger partial charge in [0.15, 0.2) is 0 Å². The summed E-state index contributed by atoms with van der Waals surface area (Å²) in [5, 5.41) is 10.2. The highest BCUT2D eigenvalue weighted by molar-refractivity contribution is 7.01. The minimum atomic E-state index is -1.83. The van der Waals surface area contributed by atoms with Crippen LogP contribution in [0.1, 0.15) is 0 Å². The van der Waals surface area contributed by atoms with E-state index in [-0.39, 0.29) is 0 Å². The van der Waals surface area contributed by atoms with E-state index in [1.807, 2.05) is 0 Å². The summed E-state index contributed by atoms with van der Waals surface area (Å²) in [6.45, 7) is 9.67. The van der Waals surface area contributed by atoms with Crippen molar-refractivity contribution < 1.29 is 8.83 Å². The van der Waals surface area contributed by atoms with E-state index in [0.717, 1.165) is 43.9 Å². The van der Waals surface area contributed by atoms with Crippen LogP contribution in [0.2, 0.25) is 26.2 Å². The molecular weight excluding hydrogens is 497 g/mol. The molecule has 2 heterocycles. The number of hydrogen-bond acceptors (Lipinski definition) is 2. The molecular formula is C34H30O2Si2. The van der Waals surface area contributed by atoms with Crippen molar-refractivity contribution in [1.29, 1.82) is 0 Å². The second-order valence-electron chi connectivity index (χ2n) is 11.5. The van der Waals surface area contributed by atoms with Crippen LogP contribution in [0.15, 0.2) is 118 Å². The predicted octanol–water partition coefficient (Wildman–Crippen LogP) is 7.13. The average Bonchev–Trinajstić information content (AvgIpc) is 3.49. The van der Waals surface area contributed by atoms with E-state index in [0.29, 0.717) is 0 Å². The maximum absolute atomic E-state index is 6.40. The summed E-state index contributed by atoms with van der Waals surface area (Å²) in [5.41, 5.74) is 3.68. The molecule has 0 spiro atoms.